The fraction of sp³-hybridized carbons (Fsp3) is 0. The maximum Gasteiger partial charge on any atom is 0.0441 e. The van der Waals surface area contributed by atoms with E-state index in [2.05, 4.69) is 29.1 Å². The van der Waals surface area contributed by atoms with Gasteiger partial charge in [0.1, 0.15) is 0 Å². The Kier molecular flexibility index (Phi) is 1.35. The van der Waals surface area contributed by atoms with Crippen molar-refractivity contribution < 1.29 is 0 Å². The summed E-state index contributed by atoms with van der Waals surface area (Å²) in [6.45, 7) is 6.98. The van der Waals surface area contributed by atoms with Gasteiger partial charge in [0.25, 0.3) is 0 Å². The second-order valence-electron chi connectivity index (χ2n) is 1.32. The molecule has 1 aliphatic rings. The summed E-state index contributed by atoms with van der Waals surface area (Å²) in [6.07, 6.45) is 3.03. The number of nitrogens with zero attached hydrogens (tertiary/aromatic N) is 4. The molecule has 0 amide bonds. The zero-order valence-corrected chi connectivity index (χ0v) is 4.86. The number of nitrogens with one attached hydrogen (secondary N) is 1. The van der Waals surface area contributed by atoms with Gasteiger partial charge < -0.3 is 0 Å². The van der Waals surface area contributed by atoms with E-state index in [1.165, 1.54) is 22.6 Å². The predicted molar refractivity (Wildman–Crippen MR) is 32.1 cm³/mol. The largest absolute Gasteiger partial charge is 0.178 e. The Hall–Kier alpha value is -1.52. The van der Waals surface area contributed by atoms with Crippen molar-refractivity contribution in [2.24, 2.45) is 10.4 Å². The van der Waals surface area contributed by atoms with E-state index in [-0.39, 0.29) is 0 Å². The van der Waals surface area contributed by atoms with Gasteiger partial charge in [0.05, 0.1) is 0 Å². The normalized spacial score (nSPS) is 15.6. The Balaban J connectivity index is 2.58. The van der Waals surface area contributed by atoms with Gasteiger partial charge in [-0.25, -0.2) is 0 Å². The molecule has 0 radical (unpaired) electrons. The second kappa shape index (κ2) is 2.17. The molecule has 0 fully saturated rings. The highest BCUT2D eigenvalue weighted by molar-refractivity contribution is 4.71. The van der Waals surface area contributed by atoms with Crippen molar-refractivity contribution in [3.05, 3.63) is 25.6 Å². The molecule has 0 aromatic heterocycles. The molecule has 0 spiro atoms. The SMILES string of the molecule is C=CN1N=NNN1C=C. The zero-order chi connectivity index (χ0) is 6.69. The molecule has 5 heteroatoms. The van der Waals surface area contributed by atoms with E-state index in [0.29, 0.717) is 0 Å². The Labute approximate surface area is 52.8 Å². The van der Waals surface area contributed by atoms with E-state index in [9.17, 15) is 0 Å². The van der Waals surface area contributed by atoms with Crippen LogP contribution in [0.5, 0.6) is 0 Å². The van der Waals surface area contributed by atoms with Crippen LogP contribution in [0.25, 0.3) is 0 Å². The van der Waals surface area contributed by atoms with Crippen molar-refractivity contribution in [3.8, 4) is 0 Å². The summed E-state index contributed by atoms with van der Waals surface area (Å²) in [7, 11) is 0. The van der Waals surface area contributed by atoms with Crippen LogP contribution in [0.2, 0.25) is 0 Å². The van der Waals surface area contributed by atoms with Crippen molar-refractivity contribution in [2.45, 2.75) is 0 Å². The summed E-state index contributed by atoms with van der Waals surface area (Å²) in [5.41, 5.74) is 2.54. The van der Waals surface area contributed by atoms with Gasteiger partial charge in [-0.1, -0.05) is 13.2 Å². The molecule has 0 aromatic carbocycles. The van der Waals surface area contributed by atoms with E-state index in [1.54, 1.807) is 0 Å². The Morgan fingerprint density at radius 3 is 2.56 bits per heavy atom. The standard InChI is InChI=1S/C4H7N5/c1-3-8-6-5-7-9(8)4-2/h3-4H,1-2H2,(H,6,7). The van der Waals surface area contributed by atoms with Crippen LogP contribution in [0.4, 0.5) is 0 Å². The number of rotatable bonds is 2. The van der Waals surface area contributed by atoms with Gasteiger partial charge in [-0.3, -0.25) is 0 Å². The molecule has 0 unspecified atom stereocenters. The summed E-state index contributed by atoms with van der Waals surface area (Å²) in [4.78, 5) is 0. The lowest BCUT2D eigenvalue weighted by atomic mass is 11.0. The second-order valence-corrected chi connectivity index (χ2v) is 1.32. The highest BCUT2D eigenvalue weighted by atomic mass is 16.0. The van der Waals surface area contributed by atoms with Crippen LogP contribution in [-0.2, 0) is 0 Å². The molecule has 0 bridgehead atoms. The lowest BCUT2D eigenvalue weighted by molar-refractivity contribution is 0.0742. The van der Waals surface area contributed by atoms with Gasteiger partial charge in [0.15, 0.2) is 0 Å². The van der Waals surface area contributed by atoms with Crippen molar-refractivity contribution in [1.82, 2.24) is 15.8 Å². The minimum atomic E-state index is 1.41. The van der Waals surface area contributed by atoms with Crippen LogP contribution < -0.4 is 5.53 Å². The number of hydrazine groups is 2. The van der Waals surface area contributed by atoms with Crippen LogP contribution in [0.3, 0.4) is 0 Å². The molecule has 0 aromatic rings. The lowest BCUT2D eigenvalue weighted by Gasteiger charge is -2.16. The average molecular weight is 125 g/mol. The molecule has 9 heavy (non-hydrogen) atoms. The van der Waals surface area contributed by atoms with Gasteiger partial charge in [0, 0.05) is 12.4 Å². The maximum absolute atomic E-state index is 3.59. The minimum Gasteiger partial charge on any atom is -0.178 e. The molecule has 48 valence electrons. The van der Waals surface area contributed by atoms with Crippen LogP contribution in [0, 0.1) is 0 Å². The molecule has 1 N–H and O–H groups in total. The third-order valence-electron chi connectivity index (χ3n) is 0.841. The highest BCUT2D eigenvalue weighted by Crippen LogP contribution is 2.02. The van der Waals surface area contributed by atoms with Gasteiger partial charge in [-0.05, 0) is 10.4 Å². The van der Waals surface area contributed by atoms with Crippen LogP contribution in [0.15, 0.2) is 36.0 Å². The van der Waals surface area contributed by atoms with E-state index < -0.39 is 0 Å². The Bertz CT molecular complexity index is 151. The average Bonchev–Trinajstić information content (AvgIpc) is 2.33. The predicted octanol–water partition coefficient (Wildman–Crippen LogP) is 0.593. The molecule has 5 nitrogen and oxygen atoms in total. The monoisotopic (exact) mass is 125 g/mol. The lowest BCUT2D eigenvalue weighted by Crippen LogP contribution is -2.32. The summed E-state index contributed by atoms with van der Waals surface area (Å²) < 4.78 is 0. The number of hydrogen-bond donors (Lipinski definition) is 1. The summed E-state index contributed by atoms with van der Waals surface area (Å²) in [6, 6.07) is 0. The first-order chi connectivity index (χ1) is 4.38. The van der Waals surface area contributed by atoms with E-state index in [4.69, 9.17) is 0 Å². The fourth-order valence-corrected chi connectivity index (χ4v) is 0.450. The Morgan fingerprint density at radius 2 is 2.11 bits per heavy atom. The Morgan fingerprint density at radius 1 is 1.33 bits per heavy atom. The minimum absolute atomic E-state index is 1.41. The molecule has 0 saturated carbocycles. The topological polar surface area (TPSA) is 43.2 Å². The van der Waals surface area contributed by atoms with Gasteiger partial charge >= 0.3 is 0 Å². The quantitative estimate of drug-likeness (QED) is 0.587. The van der Waals surface area contributed by atoms with Crippen LogP contribution in [0.1, 0.15) is 0 Å². The van der Waals surface area contributed by atoms with Crippen molar-refractivity contribution in [3.63, 3.8) is 0 Å². The smallest absolute Gasteiger partial charge is 0.0441 e. The molecule has 1 aliphatic heterocycles. The first-order valence-electron chi connectivity index (χ1n) is 2.38. The molecular formula is C4H7N5. The van der Waals surface area contributed by atoms with E-state index in [1.807, 2.05) is 0 Å². The first kappa shape index (κ1) is 5.61. The van der Waals surface area contributed by atoms with Crippen molar-refractivity contribution in [2.75, 3.05) is 0 Å². The zero-order valence-electron chi connectivity index (χ0n) is 4.86. The fourth-order valence-electron chi connectivity index (χ4n) is 0.450. The molecule has 1 heterocycles. The van der Waals surface area contributed by atoms with Gasteiger partial charge in [-0.2, -0.15) is 10.7 Å². The molecule has 1 rings (SSSR count). The third-order valence-corrected chi connectivity index (χ3v) is 0.841. The summed E-state index contributed by atoms with van der Waals surface area (Å²) in [5, 5.41) is 9.95. The third kappa shape index (κ3) is 0.835. The molecule has 0 atom stereocenters. The van der Waals surface area contributed by atoms with E-state index >= 15 is 0 Å². The van der Waals surface area contributed by atoms with Crippen molar-refractivity contribution >= 4 is 0 Å². The first-order valence-corrected chi connectivity index (χ1v) is 2.38. The summed E-state index contributed by atoms with van der Waals surface area (Å²) in [5.74, 6) is 0. The van der Waals surface area contributed by atoms with Crippen LogP contribution in [-0.4, -0.2) is 10.2 Å². The molecule has 0 saturated heterocycles. The molecule has 0 aliphatic carbocycles. The van der Waals surface area contributed by atoms with Gasteiger partial charge in [-0.15, -0.1) is 5.12 Å². The number of hydrogen-bond acceptors (Lipinski definition) is 5. The van der Waals surface area contributed by atoms with E-state index in [0.717, 1.165) is 0 Å². The van der Waals surface area contributed by atoms with Crippen molar-refractivity contribution in [1.29, 1.82) is 0 Å². The highest BCUT2D eigenvalue weighted by Gasteiger charge is 2.08. The molecular weight excluding hydrogens is 118 g/mol. The summed E-state index contributed by atoms with van der Waals surface area (Å²) >= 11 is 0. The maximum atomic E-state index is 3.59. The van der Waals surface area contributed by atoms with Gasteiger partial charge in [0.2, 0.25) is 0 Å². The van der Waals surface area contributed by atoms with Crippen LogP contribution >= 0.6 is 0 Å².